The molecule has 0 fully saturated rings. The number of halogens is 1. The van der Waals surface area contributed by atoms with Crippen LogP contribution in [0.1, 0.15) is 5.56 Å². The molecule has 3 N–H and O–H groups in total. The molecule has 0 heterocycles. The summed E-state index contributed by atoms with van der Waals surface area (Å²) in [6.07, 6.45) is 0. The Hall–Kier alpha value is -1.57. The van der Waals surface area contributed by atoms with Crippen LogP contribution >= 0.6 is 27.7 Å². The van der Waals surface area contributed by atoms with Gasteiger partial charge in [-0.1, -0.05) is 28.1 Å². The highest BCUT2D eigenvalue weighted by atomic mass is 79.9. The molecule has 0 saturated heterocycles. The molecule has 20 heavy (non-hydrogen) atoms. The molecule has 0 aromatic heterocycles. The number of hydrogen-bond acceptors (Lipinski definition) is 5. The first-order chi connectivity index (χ1) is 9.61. The zero-order valence-corrected chi connectivity index (χ0v) is 12.8. The monoisotopic (exact) mass is 353 g/mol. The van der Waals surface area contributed by atoms with Crippen LogP contribution < -0.4 is 11.3 Å². The number of nitrogens with two attached hydrogens (primary N) is 1. The summed E-state index contributed by atoms with van der Waals surface area (Å²) < 4.78 is 1.02. The van der Waals surface area contributed by atoms with Crippen LogP contribution in [0.25, 0.3) is 0 Å². The van der Waals surface area contributed by atoms with E-state index >= 15 is 0 Å². The number of rotatable bonds is 5. The van der Waals surface area contributed by atoms with Crippen molar-refractivity contribution in [3.05, 3.63) is 62.6 Å². The molecule has 5 nitrogen and oxygen atoms in total. The summed E-state index contributed by atoms with van der Waals surface area (Å²) >= 11 is 4.97. The lowest BCUT2D eigenvalue weighted by Crippen LogP contribution is -2.11. The SMILES string of the molecule is NNc1c(CSc2ccc(Br)cc2)cccc1[N+](=O)[O-]. The minimum absolute atomic E-state index is 0.0126. The second-order valence-corrected chi connectivity index (χ2v) is 5.92. The number of nitrogens with zero attached hydrogens (tertiary/aromatic N) is 1. The normalized spacial score (nSPS) is 10.3. The molecule has 0 amide bonds. The van der Waals surface area contributed by atoms with Gasteiger partial charge in [0.2, 0.25) is 0 Å². The maximum absolute atomic E-state index is 10.9. The number of nitrogen functional groups attached to an aromatic ring is 1. The molecule has 0 aliphatic heterocycles. The summed E-state index contributed by atoms with van der Waals surface area (Å²) in [4.78, 5) is 11.6. The Morgan fingerprint density at radius 1 is 1.25 bits per heavy atom. The van der Waals surface area contributed by atoms with Crippen molar-refractivity contribution < 1.29 is 4.92 Å². The number of para-hydroxylation sites is 1. The molecular formula is C13H12BrN3O2S. The zero-order valence-electron chi connectivity index (χ0n) is 10.4. The van der Waals surface area contributed by atoms with Gasteiger partial charge in [0.05, 0.1) is 4.92 Å². The van der Waals surface area contributed by atoms with Gasteiger partial charge >= 0.3 is 0 Å². The van der Waals surface area contributed by atoms with E-state index in [0.717, 1.165) is 14.9 Å². The lowest BCUT2D eigenvalue weighted by molar-refractivity contribution is -0.384. The molecular weight excluding hydrogens is 342 g/mol. The Labute approximate surface area is 128 Å². The van der Waals surface area contributed by atoms with Crippen molar-refractivity contribution in [3.8, 4) is 0 Å². The number of nitrogens with one attached hydrogen (secondary N) is 1. The average molecular weight is 354 g/mol. The predicted molar refractivity (Wildman–Crippen MR) is 84.6 cm³/mol. The standard InChI is InChI=1S/C13H12BrN3O2S/c14-10-4-6-11(7-5-10)20-8-9-2-1-3-12(17(18)19)13(9)16-15/h1-7,16H,8,15H2. The maximum atomic E-state index is 10.9. The molecule has 0 spiro atoms. The van der Waals surface area contributed by atoms with E-state index in [1.54, 1.807) is 17.8 Å². The highest BCUT2D eigenvalue weighted by Crippen LogP contribution is 2.32. The molecule has 0 aliphatic carbocycles. The first-order valence-electron chi connectivity index (χ1n) is 5.73. The van der Waals surface area contributed by atoms with E-state index in [1.807, 2.05) is 30.3 Å². The molecule has 104 valence electrons. The van der Waals surface area contributed by atoms with Crippen LogP contribution in [0.2, 0.25) is 0 Å². The van der Waals surface area contributed by atoms with Gasteiger partial charge in [0.1, 0.15) is 5.69 Å². The van der Waals surface area contributed by atoms with Gasteiger partial charge < -0.3 is 5.43 Å². The van der Waals surface area contributed by atoms with E-state index < -0.39 is 4.92 Å². The van der Waals surface area contributed by atoms with Gasteiger partial charge in [-0.2, -0.15) is 0 Å². The lowest BCUT2D eigenvalue weighted by atomic mass is 10.2. The summed E-state index contributed by atoms with van der Waals surface area (Å²) in [6.45, 7) is 0. The van der Waals surface area contributed by atoms with Gasteiger partial charge in [-0.05, 0) is 29.8 Å². The Balaban J connectivity index is 2.19. The van der Waals surface area contributed by atoms with Crippen LogP contribution in [0, 0.1) is 10.1 Å². The van der Waals surface area contributed by atoms with Crippen molar-refractivity contribution in [1.29, 1.82) is 0 Å². The Morgan fingerprint density at radius 3 is 2.55 bits per heavy atom. The minimum Gasteiger partial charge on any atom is -0.318 e. The first kappa shape index (κ1) is 14.8. The van der Waals surface area contributed by atoms with Crippen molar-refractivity contribution in [2.75, 3.05) is 5.43 Å². The van der Waals surface area contributed by atoms with Crippen LogP contribution in [0.5, 0.6) is 0 Å². The summed E-state index contributed by atoms with van der Waals surface area (Å²) in [7, 11) is 0. The fraction of sp³-hybridized carbons (Fsp3) is 0.0769. The van der Waals surface area contributed by atoms with Crippen LogP contribution in [-0.4, -0.2) is 4.92 Å². The molecule has 2 aromatic rings. The van der Waals surface area contributed by atoms with Crippen molar-refractivity contribution in [1.82, 2.24) is 0 Å². The summed E-state index contributed by atoms with van der Waals surface area (Å²) in [6, 6.07) is 12.8. The Morgan fingerprint density at radius 2 is 1.95 bits per heavy atom. The fourth-order valence-electron chi connectivity index (χ4n) is 1.72. The van der Waals surface area contributed by atoms with Crippen molar-refractivity contribution in [3.63, 3.8) is 0 Å². The van der Waals surface area contributed by atoms with Crippen LogP contribution in [0.3, 0.4) is 0 Å². The van der Waals surface area contributed by atoms with E-state index in [2.05, 4.69) is 21.4 Å². The number of nitro groups is 1. The number of hydrazine groups is 1. The van der Waals surface area contributed by atoms with E-state index in [0.29, 0.717) is 11.4 Å². The highest BCUT2D eigenvalue weighted by Gasteiger charge is 2.16. The second kappa shape index (κ2) is 6.74. The summed E-state index contributed by atoms with van der Waals surface area (Å²) in [5, 5.41) is 10.9. The fourth-order valence-corrected chi connectivity index (χ4v) is 2.87. The van der Waals surface area contributed by atoms with Crippen LogP contribution in [0.15, 0.2) is 51.8 Å². The molecule has 0 radical (unpaired) electrons. The van der Waals surface area contributed by atoms with E-state index in [9.17, 15) is 10.1 Å². The Bertz CT molecular complexity index is 620. The summed E-state index contributed by atoms with van der Waals surface area (Å²) in [5.41, 5.74) is 3.58. The number of nitro benzene ring substituents is 1. The largest absolute Gasteiger partial charge is 0.318 e. The second-order valence-electron chi connectivity index (χ2n) is 3.96. The van der Waals surface area contributed by atoms with E-state index in [1.165, 1.54) is 6.07 Å². The highest BCUT2D eigenvalue weighted by molar-refractivity contribution is 9.10. The van der Waals surface area contributed by atoms with Crippen LogP contribution in [-0.2, 0) is 5.75 Å². The van der Waals surface area contributed by atoms with E-state index in [-0.39, 0.29) is 5.69 Å². The number of hydrogen-bond donors (Lipinski definition) is 2. The molecule has 2 aromatic carbocycles. The van der Waals surface area contributed by atoms with Crippen LogP contribution in [0.4, 0.5) is 11.4 Å². The van der Waals surface area contributed by atoms with Gasteiger partial charge in [0.25, 0.3) is 5.69 Å². The molecule has 7 heteroatoms. The van der Waals surface area contributed by atoms with Gasteiger partial charge in [-0.15, -0.1) is 11.8 Å². The van der Waals surface area contributed by atoms with E-state index in [4.69, 9.17) is 5.84 Å². The third-order valence-electron chi connectivity index (χ3n) is 2.68. The Kier molecular flexibility index (Phi) is 4.99. The molecule has 2 rings (SSSR count). The quantitative estimate of drug-likeness (QED) is 0.368. The smallest absolute Gasteiger partial charge is 0.293 e. The minimum atomic E-state index is -0.441. The molecule has 0 unspecified atom stereocenters. The number of benzene rings is 2. The number of thioether (sulfide) groups is 1. The van der Waals surface area contributed by atoms with Crippen molar-refractivity contribution in [2.24, 2.45) is 5.84 Å². The van der Waals surface area contributed by atoms with Crippen molar-refractivity contribution in [2.45, 2.75) is 10.6 Å². The topological polar surface area (TPSA) is 81.2 Å². The first-order valence-corrected chi connectivity index (χ1v) is 7.51. The van der Waals surface area contributed by atoms with Gasteiger partial charge in [0, 0.05) is 21.2 Å². The maximum Gasteiger partial charge on any atom is 0.293 e. The summed E-state index contributed by atoms with van der Waals surface area (Å²) in [5.74, 6) is 6.01. The van der Waals surface area contributed by atoms with Gasteiger partial charge in [-0.25, -0.2) is 0 Å². The van der Waals surface area contributed by atoms with Crippen molar-refractivity contribution >= 4 is 39.1 Å². The average Bonchev–Trinajstić information content (AvgIpc) is 2.46. The zero-order chi connectivity index (χ0) is 14.5. The lowest BCUT2D eigenvalue weighted by Gasteiger charge is -2.09. The van der Waals surface area contributed by atoms with Gasteiger partial charge in [0.15, 0.2) is 0 Å². The molecule has 0 saturated carbocycles. The third-order valence-corrected chi connectivity index (χ3v) is 4.27. The molecule has 0 atom stereocenters. The van der Waals surface area contributed by atoms with Gasteiger partial charge in [-0.3, -0.25) is 16.0 Å². The molecule has 0 aliphatic rings. The third kappa shape index (κ3) is 3.50. The predicted octanol–water partition coefficient (Wildman–Crippen LogP) is 3.94. The molecule has 0 bridgehead atoms. The number of anilines is 1.